The second kappa shape index (κ2) is 6.05. The predicted molar refractivity (Wildman–Crippen MR) is 80.6 cm³/mol. The Morgan fingerprint density at radius 3 is 2.62 bits per heavy atom. The van der Waals surface area contributed by atoms with Crippen LogP contribution in [0.15, 0.2) is 36.7 Å². The van der Waals surface area contributed by atoms with Crippen LogP contribution in [0.3, 0.4) is 0 Å². The first-order chi connectivity index (χ1) is 9.89. The van der Waals surface area contributed by atoms with Gasteiger partial charge in [0.2, 0.25) is 5.91 Å². The molecule has 2 aromatic rings. The first-order valence-corrected chi connectivity index (χ1v) is 6.87. The van der Waals surface area contributed by atoms with Gasteiger partial charge < -0.3 is 11.1 Å². The molecule has 0 radical (unpaired) electrons. The van der Waals surface area contributed by atoms with E-state index in [2.05, 4.69) is 15.5 Å². The van der Waals surface area contributed by atoms with Crippen molar-refractivity contribution in [1.29, 1.82) is 0 Å². The van der Waals surface area contributed by atoms with Crippen molar-refractivity contribution in [2.24, 2.45) is 11.1 Å². The van der Waals surface area contributed by atoms with Crippen molar-refractivity contribution in [1.82, 2.24) is 20.1 Å². The molecule has 0 aliphatic rings. The Morgan fingerprint density at radius 2 is 2.00 bits per heavy atom. The number of benzene rings is 1. The highest BCUT2D eigenvalue weighted by Gasteiger charge is 2.27. The Kier molecular flexibility index (Phi) is 4.37. The van der Waals surface area contributed by atoms with E-state index in [1.807, 2.05) is 55.7 Å². The van der Waals surface area contributed by atoms with E-state index in [0.717, 1.165) is 5.69 Å². The van der Waals surface area contributed by atoms with E-state index in [9.17, 15) is 4.79 Å². The topological polar surface area (TPSA) is 85.8 Å². The lowest BCUT2D eigenvalue weighted by molar-refractivity contribution is -0.124. The van der Waals surface area contributed by atoms with Crippen LogP contribution in [0.1, 0.15) is 26.6 Å². The van der Waals surface area contributed by atoms with Crippen LogP contribution in [0.25, 0.3) is 5.69 Å². The molecule has 1 atom stereocenters. The Bertz CT molecular complexity index is 600. The van der Waals surface area contributed by atoms with E-state index in [4.69, 9.17) is 5.73 Å². The Balaban J connectivity index is 2.06. The van der Waals surface area contributed by atoms with Gasteiger partial charge in [0.15, 0.2) is 5.82 Å². The van der Waals surface area contributed by atoms with Crippen LogP contribution in [-0.4, -0.2) is 26.7 Å². The number of para-hydroxylation sites is 1. The first-order valence-electron chi connectivity index (χ1n) is 6.87. The molecule has 0 aliphatic carbocycles. The number of carbonyl (C=O) groups is 1. The molecule has 0 saturated heterocycles. The smallest absolute Gasteiger partial charge is 0.237 e. The van der Waals surface area contributed by atoms with Gasteiger partial charge in [-0.1, -0.05) is 39.0 Å². The predicted octanol–water partition coefficient (Wildman–Crippen LogP) is 1.26. The molecule has 0 spiro atoms. The highest BCUT2D eigenvalue weighted by atomic mass is 16.2. The average Bonchev–Trinajstić information content (AvgIpc) is 2.92. The molecule has 1 aromatic carbocycles. The van der Waals surface area contributed by atoms with E-state index in [0.29, 0.717) is 5.82 Å². The van der Waals surface area contributed by atoms with Crippen LogP contribution in [0.5, 0.6) is 0 Å². The third kappa shape index (κ3) is 3.66. The van der Waals surface area contributed by atoms with E-state index in [1.165, 1.54) is 0 Å². The lowest BCUT2D eigenvalue weighted by atomic mass is 9.87. The molecule has 1 aromatic heterocycles. The van der Waals surface area contributed by atoms with Gasteiger partial charge in [-0.15, -0.1) is 10.2 Å². The van der Waals surface area contributed by atoms with Crippen LogP contribution in [0.2, 0.25) is 0 Å². The first kappa shape index (κ1) is 15.2. The summed E-state index contributed by atoms with van der Waals surface area (Å²) in [6.45, 7) is 6.09. The zero-order valence-corrected chi connectivity index (χ0v) is 12.6. The summed E-state index contributed by atoms with van der Waals surface area (Å²) in [6.07, 6.45) is 1.63. The number of nitrogens with one attached hydrogen (secondary N) is 1. The zero-order chi connectivity index (χ0) is 15.5. The van der Waals surface area contributed by atoms with Crippen molar-refractivity contribution in [2.75, 3.05) is 0 Å². The van der Waals surface area contributed by atoms with Crippen molar-refractivity contribution >= 4 is 5.91 Å². The molecule has 0 bridgehead atoms. The molecular weight excluding hydrogens is 266 g/mol. The summed E-state index contributed by atoms with van der Waals surface area (Å²) in [5.74, 6) is 0.473. The van der Waals surface area contributed by atoms with Gasteiger partial charge in [-0.2, -0.15) is 0 Å². The normalized spacial score (nSPS) is 13.0. The fourth-order valence-corrected chi connectivity index (χ4v) is 1.85. The zero-order valence-electron chi connectivity index (χ0n) is 12.6. The molecule has 0 aliphatic heterocycles. The summed E-state index contributed by atoms with van der Waals surface area (Å²) in [6, 6.07) is 9.16. The SMILES string of the molecule is CC(C)(C)[C@H](N)C(=O)NCc1nncn1-c1ccccc1. The van der Waals surface area contributed by atoms with Gasteiger partial charge in [0.05, 0.1) is 12.6 Å². The lowest BCUT2D eigenvalue weighted by Gasteiger charge is -2.25. The summed E-state index contributed by atoms with van der Waals surface area (Å²) in [7, 11) is 0. The number of carbonyl (C=O) groups excluding carboxylic acids is 1. The summed E-state index contributed by atoms with van der Waals surface area (Å²) in [5.41, 5.74) is 6.60. The van der Waals surface area contributed by atoms with Crippen molar-refractivity contribution in [2.45, 2.75) is 33.4 Å². The summed E-state index contributed by atoms with van der Waals surface area (Å²) in [4.78, 5) is 12.0. The third-order valence-electron chi connectivity index (χ3n) is 3.29. The summed E-state index contributed by atoms with van der Waals surface area (Å²) in [5, 5.41) is 10.8. The fraction of sp³-hybridized carbons (Fsp3) is 0.400. The number of nitrogens with zero attached hydrogens (tertiary/aromatic N) is 3. The second-order valence-corrected chi connectivity index (χ2v) is 6.01. The van der Waals surface area contributed by atoms with Gasteiger partial charge >= 0.3 is 0 Å². The number of hydrogen-bond acceptors (Lipinski definition) is 4. The summed E-state index contributed by atoms with van der Waals surface area (Å²) >= 11 is 0. The molecule has 3 N–H and O–H groups in total. The highest BCUT2D eigenvalue weighted by molar-refractivity contribution is 5.82. The minimum absolute atomic E-state index is 0.190. The standard InChI is InChI=1S/C15H21N5O/c1-15(2,3)13(16)14(21)17-9-12-19-18-10-20(12)11-7-5-4-6-8-11/h4-8,10,13H,9,16H2,1-3H3,(H,17,21)/t13-/m1/s1. The Morgan fingerprint density at radius 1 is 1.33 bits per heavy atom. The van der Waals surface area contributed by atoms with Gasteiger partial charge in [0.25, 0.3) is 0 Å². The molecule has 2 rings (SSSR count). The van der Waals surface area contributed by atoms with Gasteiger partial charge in [0, 0.05) is 5.69 Å². The van der Waals surface area contributed by atoms with E-state index < -0.39 is 6.04 Å². The molecule has 1 heterocycles. The monoisotopic (exact) mass is 287 g/mol. The van der Waals surface area contributed by atoms with Gasteiger partial charge in [-0.3, -0.25) is 9.36 Å². The molecule has 0 fully saturated rings. The van der Waals surface area contributed by atoms with Crippen molar-refractivity contribution < 1.29 is 4.79 Å². The molecular formula is C15H21N5O. The van der Waals surface area contributed by atoms with E-state index >= 15 is 0 Å². The van der Waals surface area contributed by atoms with Crippen molar-refractivity contribution in [3.05, 3.63) is 42.5 Å². The molecule has 6 nitrogen and oxygen atoms in total. The fourth-order valence-electron chi connectivity index (χ4n) is 1.85. The minimum atomic E-state index is -0.564. The molecule has 112 valence electrons. The molecule has 21 heavy (non-hydrogen) atoms. The average molecular weight is 287 g/mol. The largest absolute Gasteiger partial charge is 0.347 e. The maximum absolute atomic E-state index is 12.0. The molecule has 6 heteroatoms. The van der Waals surface area contributed by atoms with Crippen LogP contribution < -0.4 is 11.1 Å². The maximum Gasteiger partial charge on any atom is 0.237 e. The highest BCUT2D eigenvalue weighted by Crippen LogP contribution is 2.17. The van der Waals surface area contributed by atoms with Crippen LogP contribution in [-0.2, 0) is 11.3 Å². The van der Waals surface area contributed by atoms with Gasteiger partial charge in [0.1, 0.15) is 6.33 Å². The number of hydrogen-bond donors (Lipinski definition) is 2. The molecule has 0 unspecified atom stereocenters. The van der Waals surface area contributed by atoms with Gasteiger partial charge in [-0.25, -0.2) is 0 Å². The Hall–Kier alpha value is -2.21. The minimum Gasteiger partial charge on any atom is -0.347 e. The molecule has 1 amide bonds. The van der Waals surface area contributed by atoms with Gasteiger partial charge in [-0.05, 0) is 17.5 Å². The van der Waals surface area contributed by atoms with Crippen LogP contribution in [0, 0.1) is 5.41 Å². The second-order valence-electron chi connectivity index (χ2n) is 6.01. The van der Waals surface area contributed by atoms with E-state index in [1.54, 1.807) is 6.33 Å². The lowest BCUT2D eigenvalue weighted by Crippen LogP contribution is -2.48. The number of nitrogens with two attached hydrogens (primary N) is 1. The van der Waals surface area contributed by atoms with E-state index in [-0.39, 0.29) is 17.9 Å². The number of aromatic nitrogens is 3. The van der Waals surface area contributed by atoms with Crippen LogP contribution in [0.4, 0.5) is 0 Å². The van der Waals surface area contributed by atoms with Crippen molar-refractivity contribution in [3.8, 4) is 5.69 Å². The van der Waals surface area contributed by atoms with Crippen molar-refractivity contribution in [3.63, 3.8) is 0 Å². The molecule has 0 saturated carbocycles. The maximum atomic E-state index is 12.0. The van der Waals surface area contributed by atoms with Crippen LogP contribution >= 0.6 is 0 Å². The quantitative estimate of drug-likeness (QED) is 0.886. The summed E-state index contributed by atoms with van der Waals surface area (Å²) < 4.78 is 1.84. The number of rotatable bonds is 4. The third-order valence-corrected chi connectivity index (χ3v) is 3.29. The number of amides is 1. The Labute approximate surface area is 124 Å².